The summed E-state index contributed by atoms with van der Waals surface area (Å²) in [4.78, 5) is 24.0. The fourth-order valence-corrected chi connectivity index (χ4v) is 2.42. The first-order valence-electron chi connectivity index (χ1n) is 7.25. The number of benzene rings is 1. The summed E-state index contributed by atoms with van der Waals surface area (Å²) in [6, 6.07) is 6.89. The van der Waals surface area contributed by atoms with Crippen molar-refractivity contribution >= 4 is 11.9 Å². The Morgan fingerprint density at radius 1 is 1.29 bits per heavy atom. The van der Waals surface area contributed by atoms with Gasteiger partial charge in [0, 0.05) is 6.04 Å². The summed E-state index contributed by atoms with van der Waals surface area (Å²) in [5.74, 6) is -0.186. The van der Waals surface area contributed by atoms with Crippen molar-refractivity contribution in [2.24, 2.45) is 0 Å². The lowest BCUT2D eigenvalue weighted by atomic mass is 10.2. The van der Waals surface area contributed by atoms with Crippen molar-refractivity contribution in [3.8, 4) is 5.75 Å². The molecule has 0 spiro atoms. The van der Waals surface area contributed by atoms with E-state index in [0.717, 1.165) is 25.7 Å². The average Bonchev–Trinajstić information content (AvgIpc) is 3.00. The lowest BCUT2D eigenvalue weighted by Gasteiger charge is -2.17. The number of carbonyl (C=O) groups is 2. The minimum absolute atomic E-state index is 0.218. The smallest absolute Gasteiger partial charge is 0.339 e. The first kappa shape index (κ1) is 15.4. The number of ether oxygens (including phenoxy) is 2. The maximum atomic E-state index is 12.0. The average molecular weight is 291 g/mol. The molecule has 0 aliphatic heterocycles. The zero-order valence-electron chi connectivity index (χ0n) is 12.4. The third kappa shape index (κ3) is 4.21. The molecule has 21 heavy (non-hydrogen) atoms. The van der Waals surface area contributed by atoms with E-state index in [4.69, 9.17) is 9.47 Å². The van der Waals surface area contributed by atoms with Gasteiger partial charge in [0.2, 0.25) is 0 Å². The zero-order chi connectivity index (χ0) is 15.2. The van der Waals surface area contributed by atoms with Crippen LogP contribution >= 0.6 is 0 Å². The highest BCUT2D eigenvalue weighted by atomic mass is 16.5. The van der Waals surface area contributed by atoms with Crippen molar-refractivity contribution in [3.63, 3.8) is 0 Å². The van der Waals surface area contributed by atoms with Crippen LogP contribution in [0.4, 0.5) is 0 Å². The SMILES string of the molecule is COc1cccc(C(=O)O[C@H](C)C(=O)NC2CCCC2)c1. The molecule has 2 rings (SSSR count). The molecule has 1 aliphatic rings. The highest BCUT2D eigenvalue weighted by Gasteiger charge is 2.23. The number of amides is 1. The van der Waals surface area contributed by atoms with Gasteiger partial charge < -0.3 is 14.8 Å². The molecular weight excluding hydrogens is 270 g/mol. The molecule has 0 bridgehead atoms. The summed E-state index contributed by atoms with van der Waals surface area (Å²) in [5.41, 5.74) is 0.370. The third-order valence-corrected chi connectivity index (χ3v) is 3.66. The van der Waals surface area contributed by atoms with Gasteiger partial charge in [-0.15, -0.1) is 0 Å². The quantitative estimate of drug-likeness (QED) is 0.845. The van der Waals surface area contributed by atoms with Gasteiger partial charge >= 0.3 is 5.97 Å². The van der Waals surface area contributed by atoms with E-state index >= 15 is 0 Å². The molecule has 5 heteroatoms. The molecule has 1 fully saturated rings. The second kappa shape index (κ2) is 7.11. The summed E-state index contributed by atoms with van der Waals surface area (Å²) in [5, 5.41) is 2.92. The van der Waals surface area contributed by atoms with Crippen molar-refractivity contribution in [2.45, 2.75) is 44.8 Å². The summed E-state index contributed by atoms with van der Waals surface area (Å²) < 4.78 is 10.3. The standard InChI is InChI=1S/C16H21NO4/c1-11(15(18)17-13-7-3-4-8-13)21-16(19)12-6-5-9-14(10-12)20-2/h5-6,9-11,13H,3-4,7-8H2,1-2H3,(H,17,18)/t11-/m1/s1. The molecule has 1 amide bonds. The van der Waals surface area contributed by atoms with Gasteiger partial charge in [-0.1, -0.05) is 18.9 Å². The lowest BCUT2D eigenvalue weighted by molar-refractivity contribution is -0.129. The largest absolute Gasteiger partial charge is 0.497 e. The van der Waals surface area contributed by atoms with E-state index in [2.05, 4.69) is 5.32 Å². The molecule has 5 nitrogen and oxygen atoms in total. The van der Waals surface area contributed by atoms with Crippen LogP contribution in [0.25, 0.3) is 0 Å². The van der Waals surface area contributed by atoms with Gasteiger partial charge in [0.15, 0.2) is 6.10 Å². The van der Waals surface area contributed by atoms with Crippen molar-refractivity contribution in [3.05, 3.63) is 29.8 Å². The van der Waals surface area contributed by atoms with Crippen LogP contribution in [0.2, 0.25) is 0 Å². The minimum atomic E-state index is -0.802. The van der Waals surface area contributed by atoms with Gasteiger partial charge in [0.25, 0.3) is 5.91 Å². The summed E-state index contributed by atoms with van der Waals surface area (Å²) >= 11 is 0. The van der Waals surface area contributed by atoms with E-state index in [1.54, 1.807) is 31.2 Å². The third-order valence-electron chi connectivity index (χ3n) is 3.66. The molecule has 114 valence electrons. The second-order valence-corrected chi connectivity index (χ2v) is 5.27. The molecule has 0 aromatic heterocycles. The topological polar surface area (TPSA) is 64.6 Å². The van der Waals surface area contributed by atoms with Gasteiger partial charge in [-0.3, -0.25) is 4.79 Å². The molecule has 0 heterocycles. The Morgan fingerprint density at radius 3 is 2.67 bits per heavy atom. The van der Waals surface area contributed by atoms with E-state index in [1.165, 1.54) is 7.11 Å². The summed E-state index contributed by atoms with van der Waals surface area (Å²) in [7, 11) is 1.53. The van der Waals surface area contributed by atoms with E-state index in [-0.39, 0.29) is 11.9 Å². The molecule has 0 unspecified atom stereocenters. The monoisotopic (exact) mass is 291 g/mol. The number of nitrogens with one attached hydrogen (secondary N) is 1. The van der Waals surface area contributed by atoms with Gasteiger partial charge in [0.05, 0.1) is 12.7 Å². The van der Waals surface area contributed by atoms with Crippen LogP contribution in [0.5, 0.6) is 5.75 Å². The van der Waals surface area contributed by atoms with Gasteiger partial charge in [-0.2, -0.15) is 0 Å². The molecule has 1 atom stereocenters. The van der Waals surface area contributed by atoms with E-state index in [9.17, 15) is 9.59 Å². The maximum absolute atomic E-state index is 12.0. The van der Waals surface area contributed by atoms with Crippen LogP contribution < -0.4 is 10.1 Å². The van der Waals surface area contributed by atoms with E-state index < -0.39 is 12.1 Å². The molecular formula is C16H21NO4. The number of hydrogen-bond acceptors (Lipinski definition) is 4. The number of methoxy groups -OCH3 is 1. The van der Waals surface area contributed by atoms with Crippen molar-refractivity contribution in [1.82, 2.24) is 5.32 Å². The van der Waals surface area contributed by atoms with Crippen LogP contribution in [-0.4, -0.2) is 31.1 Å². The minimum Gasteiger partial charge on any atom is -0.497 e. The van der Waals surface area contributed by atoms with Gasteiger partial charge in [0.1, 0.15) is 5.75 Å². The first-order chi connectivity index (χ1) is 10.1. The van der Waals surface area contributed by atoms with Crippen LogP contribution in [0.3, 0.4) is 0 Å². The zero-order valence-corrected chi connectivity index (χ0v) is 12.4. The van der Waals surface area contributed by atoms with Crippen LogP contribution in [0.15, 0.2) is 24.3 Å². The van der Waals surface area contributed by atoms with Crippen molar-refractivity contribution in [2.75, 3.05) is 7.11 Å². The number of hydrogen-bond donors (Lipinski definition) is 1. The Balaban J connectivity index is 1.89. The fourth-order valence-electron chi connectivity index (χ4n) is 2.42. The highest BCUT2D eigenvalue weighted by Crippen LogP contribution is 2.18. The fraction of sp³-hybridized carbons (Fsp3) is 0.500. The Labute approximate surface area is 124 Å². The number of rotatable bonds is 5. The highest BCUT2D eigenvalue weighted by molar-refractivity contribution is 5.92. The molecule has 1 saturated carbocycles. The van der Waals surface area contributed by atoms with Crippen molar-refractivity contribution in [1.29, 1.82) is 0 Å². The van der Waals surface area contributed by atoms with Crippen LogP contribution in [-0.2, 0) is 9.53 Å². The van der Waals surface area contributed by atoms with Gasteiger partial charge in [-0.25, -0.2) is 4.79 Å². The Morgan fingerprint density at radius 2 is 2.00 bits per heavy atom. The molecule has 0 saturated heterocycles. The Hall–Kier alpha value is -2.04. The molecule has 1 aromatic carbocycles. The van der Waals surface area contributed by atoms with E-state index in [1.807, 2.05) is 0 Å². The van der Waals surface area contributed by atoms with Crippen LogP contribution in [0.1, 0.15) is 43.0 Å². The number of carbonyl (C=O) groups excluding carboxylic acids is 2. The molecule has 1 aliphatic carbocycles. The van der Waals surface area contributed by atoms with Crippen molar-refractivity contribution < 1.29 is 19.1 Å². The normalized spacial score (nSPS) is 16.3. The Kier molecular flexibility index (Phi) is 5.20. The Bertz CT molecular complexity index is 509. The number of esters is 1. The summed E-state index contributed by atoms with van der Waals surface area (Å²) in [6.45, 7) is 1.59. The lowest BCUT2D eigenvalue weighted by Crippen LogP contribution is -2.40. The maximum Gasteiger partial charge on any atom is 0.339 e. The molecule has 0 radical (unpaired) electrons. The predicted molar refractivity (Wildman–Crippen MR) is 78.3 cm³/mol. The second-order valence-electron chi connectivity index (χ2n) is 5.27. The first-order valence-corrected chi connectivity index (χ1v) is 7.25. The predicted octanol–water partition coefficient (Wildman–Crippen LogP) is 2.30. The molecule has 1 aromatic rings. The molecule has 1 N–H and O–H groups in total. The van der Waals surface area contributed by atoms with E-state index in [0.29, 0.717) is 11.3 Å². The van der Waals surface area contributed by atoms with Crippen LogP contribution in [0, 0.1) is 0 Å². The summed E-state index contributed by atoms with van der Waals surface area (Å²) in [6.07, 6.45) is 3.49. The van der Waals surface area contributed by atoms with Gasteiger partial charge in [-0.05, 0) is 38.0 Å².